The van der Waals surface area contributed by atoms with E-state index in [9.17, 15) is 0 Å². The van der Waals surface area contributed by atoms with E-state index in [1.807, 2.05) is 6.07 Å². The van der Waals surface area contributed by atoms with Crippen molar-refractivity contribution in [2.75, 3.05) is 19.0 Å². The smallest absolute Gasteiger partial charge is 0.0713 e. The molecule has 0 unspecified atom stereocenters. The van der Waals surface area contributed by atoms with E-state index in [-0.39, 0.29) is 0 Å². The van der Waals surface area contributed by atoms with Gasteiger partial charge in [-0.25, -0.2) is 0 Å². The molecule has 0 fully saturated rings. The molecule has 1 rings (SSSR count). The predicted octanol–water partition coefficient (Wildman–Crippen LogP) is 3.21. The minimum Gasteiger partial charge on any atom is -0.382 e. The number of allylic oxidation sites excluding steroid dienone is 1. The van der Waals surface area contributed by atoms with Gasteiger partial charge in [-0.05, 0) is 31.5 Å². The van der Waals surface area contributed by atoms with Gasteiger partial charge in [-0.15, -0.1) is 0 Å². The summed E-state index contributed by atoms with van der Waals surface area (Å²) in [4.78, 5) is 0. The highest BCUT2D eigenvalue weighted by Gasteiger charge is 1.93. The van der Waals surface area contributed by atoms with E-state index in [1.54, 1.807) is 7.11 Å². The van der Waals surface area contributed by atoms with Crippen LogP contribution in [-0.2, 0) is 11.3 Å². The Kier molecular flexibility index (Phi) is 4.91. The largest absolute Gasteiger partial charge is 0.382 e. The molecule has 0 aliphatic heterocycles. The number of rotatable bonds is 5. The van der Waals surface area contributed by atoms with Crippen LogP contribution in [0.4, 0.5) is 5.69 Å². The van der Waals surface area contributed by atoms with Crippen molar-refractivity contribution >= 4 is 5.69 Å². The second kappa shape index (κ2) is 6.25. The molecule has 0 radical (unpaired) electrons. The second-order valence-electron chi connectivity index (χ2n) is 3.80. The number of anilines is 1. The molecule has 0 spiro atoms. The fourth-order valence-corrected chi connectivity index (χ4v) is 1.31. The third-order valence-electron chi connectivity index (χ3n) is 2.05. The molecule has 1 aromatic rings. The molecule has 0 atom stereocenters. The van der Waals surface area contributed by atoms with Gasteiger partial charge in [0.05, 0.1) is 6.61 Å². The van der Waals surface area contributed by atoms with Crippen LogP contribution in [0, 0.1) is 0 Å². The first kappa shape index (κ1) is 11.8. The van der Waals surface area contributed by atoms with Crippen molar-refractivity contribution in [2.24, 2.45) is 0 Å². The maximum absolute atomic E-state index is 5.09. The number of methoxy groups -OCH3 is 1. The predicted molar refractivity (Wildman–Crippen MR) is 65.1 cm³/mol. The standard InChI is InChI=1S/C13H19NO/c1-11(2)7-8-14-13-6-4-5-12(9-13)10-15-3/h4-7,9,14H,8,10H2,1-3H3. The van der Waals surface area contributed by atoms with Crippen molar-refractivity contribution in [3.05, 3.63) is 41.5 Å². The van der Waals surface area contributed by atoms with E-state index in [4.69, 9.17) is 4.74 Å². The Bertz CT molecular complexity index is 327. The molecule has 15 heavy (non-hydrogen) atoms. The zero-order chi connectivity index (χ0) is 11.1. The van der Waals surface area contributed by atoms with Gasteiger partial charge < -0.3 is 10.1 Å². The quantitative estimate of drug-likeness (QED) is 0.745. The van der Waals surface area contributed by atoms with Gasteiger partial charge in [0.2, 0.25) is 0 Å². The summed E-state index contributed by atoms with van der Waals surface area (Å²) in [7, 11) is 1.71. The number of ether oxygens (including phenoxy) is 1. The molecule has 2 nitrogen and oxygen atoms in total. The lowest BCUT2D eigenvalue weighted by molar-refractivity contribution is 0.185. The van der Waals surface area contributed by atoms with Crippen molar-refractivity contribution in [3.63, 3.8) is 0 Å². The SMILES string of the molecule is COCc1cccc(NCC=C(C)C)c1. The van der Waals surface area contributed by atoms with Gasteiger partial charge in [0.15, 0.2) is 0 Å². The zero-order valence-electron chi connectivity index (χ0n) is 9.71. The van der Waals surface area contributed by atoms with Crippen LogP contribution in [0.15, 0.2) is 35.9 Å². The van der Waals surface area contributed by atoms with Crippen molar-refractivity contribution < 1.29 is 4.74 Å². The van der Waals surface area contributed by atoms with Crippen molar-refractivity contribution in [2.45, 2.75) is 20.5 Å². The number of hydrogen-bond donors (Lipinski definition) is 1. The molecule has 0 aliphatic carbocycles. The van der Waals surface area contributed by atoms with E-state index in [0.29, 0.717) is 6.61 Å². The highest BCUT2D eigenvalue weighted by Crippen LogP contribution is 2.11. The number of nitrogens with one attached hydrogen (secondary N) is 1. The lowest BCUT2D eigenvalue weighted by Gasteiger charge is -2.06. The molecule has 0 bridgehead atoms. The summed E-state index contributed by atoms with van der Waals surface area (Å²) in [6, 6.07) is 8.29. The molecule has 0 saturated carbocycles. The topological polar surface area (TPSA) is 21.3 Å². The molecular formula is C13H19NO. The van der Waals surface area contributed by atoms with Crippen molar-refractivity contribution in [1.29, 1.82) is 0 Å². The van der Waals surface area contributed by atoms with Crippen LogP contribution in [0.3, 0.4) is 0 Å². The summed E-state index contributed by atoms with van der Waals surface area (Å²) in [5, 5.41) is 3.34. The zero-order valence-corrected chi connectivity index (χ0v) is 9.71. The summed E-state index contributed by atoms with van der Waals surface area (Å²) >= 11 is 0. The van der Waals surface area contributed by atoms with Crippen molar-refractivity contribution in [3.8, 4) is 0 Å². The number of hydrogen-bond acceptors (Lipinski definition) is 2. The molecule has 0 aromatic heterocycles. The summed E-state index contributed by atoms with van der Waals surface area (Å²) in [5.74, 6) is 0. The third kappa shape index (κ3) is 4.66. The Hall–Kier alpha value is -1.28. The van der Waals surface area contributed by atoms with Crippen LogP contribution in [0.5, 0.6) is 0 Å². The van der Waals surface area contributed by atoms with Gasteiger partial charge in [-0.3, -0.25) is 0 Å². The van der Waals surface area contributed by atoms with Crippen LogP contribution in [0.1, 0.15) is 19.4 Å². The Morgan fingerprint density at radius 1 is 1.40 bits per heavy atom. The molecule has 2 heteroatoms. The highest BCUT2D eigenvalue weighted by molar-refractivity contribution is 5.46. The fraction of sp³-hybridized carbons (Fsp3) is 0.385. The summed E-state index contributed by atoms with van der Waals surface area (Å²) in [5.41, 5.74) is 3.66. The molecule has 1 aromatic carbocycles. The van der Waals surface area contributed by atoms with Crippen LogP contribution in [-0.4, -0.2) is 13.7 Å². The maximum Gasteiger partial charge on any atom is 0.0713 e. The van der Waals surface area contributed by atoms with Gasteiger partial charge in [0.25, 0.3) is 0 Å². The lowest BCUT2D eigenvalue weighted by atomic mass is 10.2. The summed E-state index contributed by atoms with van der Waals surface area (Å²) in [6.07, 6.45) is 2.17. The van der Waals surface area contributed by atoms with Crippen LogP contribution >= 0.6 is 0 Å². The minimum atomic E-state index is 0.665. The first-order chi connectivity index (χ1) is 7.22. The van der Waals surface area contributed by atoms with E-state index < -0.39 is 0 Å². The monoisotopic (exact) mass is 205 g/mol. The van der Waals surface area contributed by atoms with Gasteiger partial charge in [-0.2, -0.15) is 0 Å². The van der Waals surface area contributed by atoms with E-state index in [1.165, 1.54) is 11.1 Å². The highest BCUT2D eigenvalue weighted by atomic mass is 16.5. The molecular weight excluding hydrogens is 186 g/mol. The van der Waals surface area contributed by atoms with Gasteiger partial charge in [-0.1, -0.05) is 23.8 Å². The molecule has 82 valence electrons. The minimum absolute atomic E-state index is 0.665. The first-order valence-corrected chi connectivity index (χ1v) is 5.17. The molecule has 1 N–H and O–H groups in total. The Morgan fingerprint density at radius 2 is 2.20 bits per heavy atom. The molecule has 0 saturated heterocycles. The Balaban J connectivity index is 2.53. The average molecular weight is 205 g/mol. The van der Waals surface area contributed by atoms with Crippen LogP contribution < -0.4 is 5.32 Å². The van der Waals surface area contributed by atoms with E-state index >= 15 is 0 Å². The van der Waals surface area contributed by atoms with Crippen LogP contribution in [0.25, 0.3) is 0 Å². The average Bonchev–Trinajstić information content (AvgIpc) is 2.18. The summed E-state index contributed by atoms with van der Waals surface area (Å²) in [6.45, 7) is 5.74. The molecule has 0 aliphatic rings. The van der Waals surface area contributed by atoms with E-state index in [0.717, 1.165) is 12.2 Å². The molecule has 0 heterocycles. The van der Waals surface area contributed by atoms with Crippen molar-refractivity contribution in [1.82, 2.24) is 0 Å². The Labute approximate surface area is 92.0 Å². The molecule has 0 amide bonds. The van der Waals surface area contributed by atoms with E-state index in [2.05, 4.69) is 43.4 Å². The number of benzene rings is 1. The lowest BCUT2D eigenvalue weighted by Crippen LogP contribution is -1.99. The second-order valence-corrected chi connectivity index (χ2v) is 3.80. The van der Waals surface area contributed by atoms with Gasteiger partial charge in [0, 0.05) is 19.3 Å². The fourth-order valence-electron chi connectivity index (χ4n) is 1.31. The first-order valence-electron chi connectivity index (χ1n) is 5.17. The van der Waals surface area contributed by atoms with Gasteiger partial charge >= 0.3 is 0 Å². The van der Waals surface area contributed by atoms with Crippen LogP contribution in [0.2, 0.25) is 0 Å². The maximum atomic E-state index is 5.09. The Morgan fingerprint density at radius 3 is 2.87 bits per heavy atom. The van der Waals surface area contributed by atoms with Gasteiger partial charge in [0.1, 0.15) is 0 Å². The third-order valence-corrected chi connectivity index (χ3v) is 2.05. The normalized spacial score (nSPS) is 9.80. The summed E-state index contributed by atoms with van der Waals surface area (Å²) < 4.78 is 5.09.